The number of nitrogens with zero attached hydrogens (tertiary/aromatic N) is 4. The van der Waals surface area contributed by atoms with E-state index in [9.17, 15) is 13.2 Å². The van der Waals surface area contributed by atoms with E-state index in [0.717, 1.165) is 12.3 Å². The van der Waals surface area contributed by atoms with Crippen LogP contribution in [0.15, 0.2) is 12.3 Å². The summed E-state index contributed by atoms with van der Waals surface area (Å²) >= 11 is 0. The summed E-state index contributed by atoms with van der Waals surface area (Å²) in [6.45, 7) is 4.69. The van der Waals surface area contributed by atoms with Crippen LogP contribution in [0.3, 0.4) is 0 Å². The van der Waals surface area contributed by atoms with Crippen LogP contribution < -0.4 is 4.90 Å². The first-order valence-corrected chi connectivity index (χ1v) is 5.86. The minimum Gasteiger partial charge on any atom is -0.340 e. The zero-order chi connectivity index (χ0) is 14.5. The predicted octanol–water partition coefficient (Wildman–Crippen LogP) is 2.87. The molecule has 0 fully saturated rings. The Labute approximate surface area is 109 Å². The second-order valence-electron chi connectivity index (χ2n) is 4.49. The Balaban J connectivity index is 2.98. The Hall–Kier alpha value is -1.84. The number of hydrogen-bond acceptors (Lipinski definition) is 4. The summed E-state index contributed by atoms with van der Waals surface area (Å²) in [5.74, 6) is 0.246. The summed E-state index contributed by atoms with van der Waals surface area (Å²) in [5, 5.41) is 8.58. The Morgan fingerprint density at radius 1 is 1.42 bits per heavy atom. The Kier molecular flexibility index (Phi) is 5.10. The smallest absolute Gasteiger partial charge is 0.340 e. The second kappa shape index (κ2) is 6.36. The van der Waals surface area contributed by atoms with E-state index >= 15 is 0 Å². The van der Waals surface area contributed by atoms with Gasteiger partial charge in [0.15, 0.2) is 0 Å². The van der Waals surface area contributed by atoms with Crippen molar-refractivity contribution < 1.29 is 13.2 Å². The molecule has 0 N–H and O–H groups in total. The predicted molar refractivity (Wildman–Crippen MR) is 64.3 cm³/mol. The Morgan fingerprint density at radius 3 is 2.63 bits per heavy atom. The normalized spacial score (nSPS) is 11.4. The molecule has 0 spiro atoms. The van der Waals surface area contributed by atoms with E-state index in [0.29, 0.717) is 13.1 Å². The largest absolute Gasteiger partial charge is 0.433 e. The van der Waals surface area contributed by atoms with Crippen LogP contribution >= 0.6 is 0 Å². The molecule has 1 rings (SSSR count). The molecule has 104 valence electrons. The number of halogens is 3. The number of anilines is 1. The summed E-state index contributed by atoms with van der Waals surface area (Å²) in [5.41, 5.74) is -0.969. The van der Waals surface area contributed by atoms with Gasteiger partial charge in [-0.2, -0.15) is 18.4 Å². The highest BCUT2D eigenvalue weighted by atomic mass is 19.4. The molecule has 0 aliphatic carbocycles. The summed E-state index contributed by atoms with van der Waals surface area (Å²) in [6, 6.07) is 2.80. The van der Waals surface area contributed by atoms with Crippen LogP contribution in [0.4, 0.5) is 19.1 Å². The summed E-state index contributed by atoms with van der Waals surface area (Å²) in [6.07, 6.45) is -3.19. The van der Waals surface area contributed by atoms with Crippen LogP contribution in [0.1, 0.15) is 26.0 Å². The van der Waals surface area contributed by atoms with Crippen LogP contribution in [0.5, 0.6) is 0 Å². The van der Waals surface area contributed by atoms with Crippen molar-refractivity contribution in [1.29, 1.82) is 5.26 Å². The molecule has 0 aromatic carbocycles. The lowest BCUT2D eigenvalue weighted by Crippen LogP contribution is -2.30. The number of rotatable bonds is 5. The van der Waals surface area contributed by atoms with Crippen molar-refractivity contribution >= 4 is 5.95 Å². The average molecular weight is 272 g/mol. The number of hydrogen-bond donors (Lipinski definition) is 0. The van der Waals surface area contributed by atoms with Gasteiger partial charge in [0.05, 0.1) is 12.5 Å². The fraction of sp³-hybridized carbons (Fsp3) is 0.583. The molecule has 0 saturated heterocycles. The zero-order valence-electron chi connectivity index (χ0n) is 10.8. The fourth-order valence-corrected chi connectivity index (χ4v) is 1.56. The van der Waals surface area contributed by atoms with Crippen LogP contribution in [0.25, 0.3) is 0 Å². The lowest BCUT2D eigenvalue weighted by molar-refractivity contribution is -0.141. The highest BCUT2D eigenvalue weighted by Gasteiger charge is 2.33. The third kappa shape index (κ3) is 4.73. The molecule has 1 aromatic heterocycles. The van der Waals surface area contributed by atoms with Crippen molar-refractivity contribution in [2.45, 2.75) is 26.4 Å². The molecule has 0 radical (unpaired) electrons. The second-order valence-corrected chi connectivity index (χ2v) is 4.49. The molecule has 4 nitrogen and oxygen atoms in total. The van der Waals surface area contributed by atoms with Crippen molar-refractivity contribution in [2.24, 2.45) is 5.92 Å². The number of alkyl halides is 3. The third-order valence-electron chi connectivity index (χ3n) is 2.30. The molecule has 0 aliphatic heterocycles. The van der Waals surface area contributed by atoms with Crippen LogP contribution in [0, 0.1) is 17.2 Å². The summed E-state index contributed by atoms with van der Waals surface area (Å²) < 4.78 is 37.8. The van der Waals surface area contributed by atoms with Crippen LogP contribution in [-0.4, -0.2) is 23.1 Å². The number of aromatic nitrogens is 2. The van der Waals surface area contributed by atoms with Crippen LogP contribution in [0.2, 0.25) is 0 Å². The lowest BCUT2D eigenvalue weighted by atomic mass is 10.2. The topological polar surface area (TPSA) is 52.8 Å². The molecule has 1 heterocycles. The van der Waals surface area contributed by atoms with Gasteiger partial charge in [0.2, 0.25) is 5.95 Å². The van der Waals surface area contributed by atoms with E-state index in [1.807, 2.05) is 19.9 Å². The van der Waals surface area contributed by atoms with Crippen molar-refractivity contribution in [2.75, 3.05) is 18.0 Å². The summed E-state index contributed by atoms with van der Waals surface area (Å²) in [7, 11) is 0. The van der Waals surface area contributed by atoms with Gasteiger partial charge in [-0.05, 0) is 12.0 Å². The maximum Gasteiger partial charge on any atom is 0.433 e. The van der Waals surface area contributed by atoms with E-state index in [-0.39, 0.29) is 18.3 Å². The molecule has 7 heteroatoms. The minimum absolute atomic E-state index is 0.0128. The Bertz CT molecular complexity index is 451. The molecular formula is C12H15F3N4. The fourth-order valence-electron chi connectivity index (χ4n) is 1.56. The molecule has 19 heavy (non-hydrogen) atoms. The van der Waals surface area contributed by atoms with E-state index in [4.69, 9.17) is 5.26 Å². The van der Waals surface area contributed by atoms with Crippen molar-refractivity contribution in [1.82, 2.24) is 9.97 Å². The highest BCUT2D eigenvalue weighted by Crippen LogP contribution is 2.28. The van der Waals surface area contributed by atoms with Crippen molar-refractivity contribution in [3.05, 3.63) is 18.0 Å². The van der Waals surface area contributed by atoms with Gasteiger partial charge in [-0.1, -0.05) is 13.8 Å². The van der Waals surface area contributed by atoms with E-state index in [2.05, 4.69) is 9.97 Å². The van der Waals surface area contributed by atoms with Gasteiger partial charge in [-0.15, -0.1) is 0 Å². The van der Waals surface area contributed by atoms with E-state index in [1.165, 1.54) is 0 Å². The Morgan fingerprint density at radius 2 is 2.11 bits per heavy atom. The molecule has 1 aromatic rings. The molecule has 0 atom stereocenters. The van der Waals surface area contributed by atoms with E-state index in [1.54, 1.807) is 4.90 Å². The van der Waals surface area contributed by atoms with Gasteiger partial charge < -0.3 is 4.90 Å². The third-order valence-corrected chi connectivity index (χ3v) is 2.30. The minimum atomic E-state index is -4.49. The maximum absolute atomic E-state index is 12.6. The molecule has 0 unspecified atom stereocenters. The summed E-state index contributed by atoms with van der Waals surface area (Å²) in [4.78, 5) is 9.00. The monoisotopic (exact) mass is 272 g/mol. The van der Waals surface area contributed by atoms with Gasteiger partial charge in [0.1, 0.15) is 5.69 Å². The van der Waals surface area contributed by atoms with Gasteiger partial charge in [0, 0.05) is 19.3 Å². The van der Waals surface area contributed by atoms with Gasteiger partial charge in [-0.25, -0.2) is 9.97 Å². The van der Waals surface area contributed by atoms with Crippen LogP contribution in [-0.2, 0) is 6.18 Å². The SMILES string of the molecule is CC(C)CN(CCC#N)c1nccc(C(F)(F)F)n1. The molecule has 0 amide bonds. The van der Waals surface area contributed by atoms with Crippen molar-refractivity contribution in [3.63, 3.8) is 0 Å². The van der Waals surface area contributed by atoms with E-state index < -0.39 is 11.9 Å². The first-order valence-electron chi connectivity index (χ1n) is 5.86. The molecule has 0 aliphatic rings. The first-order chi connectivity index (χ1) is 8.84. The lowest BCUT2D eigenvalue weighted by Gasteiger charge is -2.23. The van der Waals surface area contributed by atoms with Gasteiger partial charge >= 0.3 is 6.18 Å². The molecular weight excluding hydrogens is 257 g/mol. The zero-order valence-corrected chi connectivity index (χ0v) is 10.8. The standard InChI is InChI=1S/C12H15F3N4/c1-9(2)8-19(7-3-5-16)11-17-6-4-10(18-11)12(13,14)15/h4,6,9H,3,7-8H2,1-2H3. The van der Waals surface area contributed by atoms with Gasteiger partial charge in [0.25, 0.3) is 0 Å². The quantitative estimate of drug-likeness (QED) is 0.827. The average Bonchev–Trinajstić information content (AvgIpc) is 2.33. The first kappa shape index (κ1) is 15.2. The van der Waals surface area contributed by atoms with Gasteiger partial charge in [-0.3, -0.25) is 0 Å². The molecule has 0 saturated carbocycles. The highest BCUT2D eigenvalue weighted by molar-refractivity contribution is 5.31. The number of nitriles is 1. The molecule has 0 bridgehead atoms. The van der Waals surface area contributed by atoms with Crippen molar-refractivity contribution in [3.8, 4) is 6.07 Å². The maximum atomic E-state index is 12.6.